The molecule has 2 N–H and O–H groups in total. The van der Waals surface area contributed by atoms with Crippen molar-refractivity contribution in [2.75, 3.05) is 0 Å². The van der Waals surface area contributed by atoms with E-state index >= 15 is 0 Å². The molecule has 2 heterocycles. The van der Waals surface area contributed by atoms with Crippen LogP contribution in [-0.4, -0.2) is 59.1 Å². The van der Waals surface area contributed by atoms with Gasteiger partial charge in [0.05, 0.1) is 24.0 Å². The summed E-state index contributed by atoms with van der Waals surface area (Å²) in [7, 11) is 0. The van der Waals surface area contributed by atoms with Gasteiger partial charge in [0.15, 0.2) is 11.9 Å². The molecule has 0 bridgehead atoms. The summed E-state index contributed by atoms with van der Waals surface area (Å²) in [6, 6.07) is 11.8. The van der Waals surface area contributed by atoms with Crippen molar-refractivity contribution in [1.82, 2.24) is 5.32 Å². The van der Waals surface area contributed by atoms with Crippen molar-refractivity contribution < 1.29 is 43.3 Å². The molecule has 2 aromatic rings. The van der Waals surface area contributed by atoms with Crippen LogP contribution < -0.4 is 5.32 Å². The van der Waals surface area contributed by atoms with Crippen LogP contribution in [0, 0.1) is 24.2 Å². The van der Waals surface area contributed by atoms with Gasteiger partial charge < -0.3 is 24.6 Å². The second-order valence-corrected chi connectivity index (χ2v) is 14.9. The predicted octanol–water partition coefficient (Wildman–Crippen LogP) is 6.28. The summed E-state index contributed by atoms with van der Waals surface area (Å²) in [6.07, 6.45) is 1.10. The van der Waals surface area contributed by atoms with E-state index in [1.54, 1.807) is 38.1 Å². The minimum atomic E-state index is -1.16. The van der Waals surface area contributed by atoms with Crippen LogP contribution in [-0.2, 0) is 51.0 Å². The smallest absolute Gasteiger partial charge is 0.347 e. The van der Waals surface area contributed by atoms with Crippen molar-refractivity contribution in [3.05, 3.63) is 81.9 Å². The Hall–Kier alpha value is -4.02. The van der Waals surface area contributed by atoms with Crippen molar-refractivity contribution in [2.45, 2.75) is 111 Å². The quantitative estimate of drug-likeness (QED) is 0.227. The maximum Gasteiger partial charge on any atom is 0.347 e. The van der Waals surface area contributed by atoms with Gasteiger partial charge in [-0.3, -0.25) is 19.2 Å². The van der Waals surface area contributed by atoms with Crippen LogP contribution in [0.4, 0.5) is 0 Å². The fourth-order valence-electron chi connectivity index (χ4n) is 5.99. The second-order valence-electron chi connectivity index (χ2n) is 14.5. The van der Waals surface area contributed by atoms with Gasteiger partial charge in [-0.2, -0.15) is 0 Å². The molecule has 50 heavy (non-hydrogen) atoms. The van der Waals surface area contributed by atoms with Crippen molar-refractivity contribution >= 4 is 41.2 Å². The Morgan fingerprint density at radius 2 is 1.70 bits per heavy atom. The fourth-order valence-corrected chi connectivity index (χ4v) is 6.20. The zero-order valence-corrected chi connectivity index (χ0v) is 30.3. The van der Waals surface area contributed by atoms with E-state index < -0.39 is 47.5 Å². The number of aryl methyl sites for hydroxylation is 1. The van der Waals surface area contributed by atoms with E-state index in [0.717, 1.165) is 16.7 Å². The Bertz CT molecular complexity index is 1600. The minimum absolute atomic E-state index is 0.0000772. The number of hydrogen-bond donors (Lipinski definition) is 2. The van der Waals surface area contributed by atoms with Gasteiger partial charge in [0, 0.05) is 23.8 Å². The molecule has 0 radical (unpaired) electrons. The summed E-state index contributed by atoms with van der Waals surface area (Å²) in [5.41, 5.74) is 2.10. The summed E-state index contributed by atoms with van der Waals surface area (Å²) in [5, 5.41) is 12.5. The van der Waals surface area contributed by atoms with Crippen LogP contribution >= 0.6 is 11.6 Å². The van der Waals surface area contributed by atoms with Crippen molar-refractivity contribution in [1.29, 1.82) is 0 Å². The average molecular weight is 710 g/mol. The maximum absolute atomic E-state index is 13.7. The van der Waals surface area contributed by atoms with E-state index in [2.05, 4.69) is 5.32 Å². The molecule has 6 atom stereocenters. The van der Waals surface area contributed by atoms with Gasteiger partial charge in [-0.25, -0.2) is 4.79 Å². The van der Waals surface area contributed by atoms with Crippen molar-refractivity contribution in [3.63, 3.8) is 0 Å². The third-order valence-electron chi connectivity index (χ3n) is 9.33. The number of amides is 1. The first kappa shape index (κ1) is 38.8. The largest absolute Gasteiger partial charge is 0.481 e. The number of nitrogens with one attached hydrogen (secondary N) is 1. The number of carbonyl (C=O) groups excluding carboxylic acids is 4. The molecule has 0 saturated carbocycles. The van der Waals surface area contributed by atoms with E-state index in [9.17, 15) is 24.0 Å². The van der Waals surface area contributed by atoms with Gasteiger partial charge in [-0.1, -0.05) is 74.8 Å². The number of ketones is 1. The van der Waals surface area contributed by atoms with Gasteiger partial charge >= 0.3 is 17.9 Å². The number of esters is 2. The Morgan fingerprint density at radius 3 is 2.34 bits per heavy atom. The van der Waals surface area contributed by atoms with E-state index in [1.165, 1.54) is 6.08 Å². The predicted molar refractivity (Wildman–Crippen MR) is 187 cm³/mol. The molecule has 2 aromatic carbocycles. The molecule has 0 unspecified atom stereocenters. The molecule has 2 aliphatic rings. The zero-order valence-electron chi connectivity index (χ0n) is 29.6. The number of benzene rings is 2. The van der Waals surface area contributed by atoms with Crippen LogP contribution in [0.3, 0.4) is 0 Å². The lowest BCUT2D eigenvalue weighted by atomic mass is 9.85. The van der Waals surface area contributed by atoms with Gasteiger partial charge in [0.1, 0.15) is 12.2 Å². The Balaban J connectivity index is 1.59. The van der Waals surface area contributed by atoms with E-state index in [0.29, 0.717) is 10.6 Å². The first-order chi connectivity index (χ1) is 23.5. The number of epoxide rings is 1. The van der Waals surface area contributed by atoms with E-state index in [4.69, 9.17) is 30.9 Å². The average Bonchev–Trinajstić information content (AvgIpc) is 3.84. The first-order valence-corrected chi connectivity index (χ1v) is 17.5. The van der Waals surface area contributed by atoms with Gasteiger partial charge in [0.25, 0.3) is 0 Å². The molecule has 0 aliphatic carbocycles. The lowest BCUT2D eigenvalue weighted by Crippen LogP contribution is -2.43. The van der Waals surface area contributed by atoms with Gasteiger partial charge in [-0.15, -0.1) is 0 Å². The lowest BCUT2D eigenvalue weighted by Gasteiger charge is -2.29. The van der Waals surface area contributed by atoms with Crippen LogP contribution in [0.25, 0.3) is 0 Å². The number of carbonyl (C=O) groups is 5. The highest BCUT2D eigenvalue weighted by molar-refractivity contribution is 6.31. The molecule has 1 fully saturated rings. The van der Waals surface area contributed by atoms with Crippen LogP contribution in [0.5, 0.6) is 0 Å². The molecule has 1 saturated heterocycles. The van der Waals surface area contributed by atoms with E-state index in [1.807, 2.05) is 52.0 Å². The number of cyclic esters (lactones) is 2. The molecular weight excluding hydrogens is 662 g/mol. The Labute approximate surface area is 298 Å². The monoisotopic (exact) mass is 709 g/mol. The van der Waals surface area contributed by atoms with Crippen LogP contribution in [0.15, 0.2) is 54.6 Å². The molecule has 1 amide bonds. The normalized spacial score (nSPS) is 26.0. The standard InChI is InChI=1S/C39H48ClNO9/c1-22(2)18-32-37(46)48-31(24(4)35-36(50-35)27-14-12-25(13-15-27)21-34(44)45)8-7-9-33(43)41-29(20-26-11-10-23(3)28(40)19-26)30(42)16-17-39(5,6)38(47)49-32/h7,9-15,19,22,24,29,31-32,35-36H,8,16-18,20-21H2,1-6H3,(H,41,43)(H,44,45)/b9-7+/t24-,29+,31-,32-,35+,36+/m0/s1. The molecule has 11 heteroatoms. The number of carboxylic acids is 1. The number of ether oxygens (including phenoxy) is 3. The molecule has 0 spiro atoms. The van der Waals surface area contributed by atoms with Crippen LogP contribution in [0.1, 0.15) is 88.7 Å². The Morgan fingerprint density at radius 1 is 1.02 bits per heavy atom. The molecule has 2 aliphatic heterocycles. The summed E-state index contributed by atoms with van der Waals surface area (Å²) in [4.78, 5) is 65.0. The lowest BCUT2D eigenvalue weighted by molar-refractivity contribution is -0.179. The highest BCUT2D eigenvalue weighted by atomic mass is 35.5. The summed E-state index contributed by atoms with van der Waals surface area (Å²) in [5.74, 6) is -3.27. The van der Waals surface area contributed by atoms with Crippen molar-refractivity contribution in [2.24, 2.45) is 17.3 Å². The highest BCUT2D eigenvalue weighted by Gasteiger charge is 2.48. The SMILES string of the molecule is Cc1ccc(C[C@H]2NC(=O)/C=C/C[C@@H]([C@H](C)[C@H]3O[C@@H]3c3ccc(CC(=O)O)cc3)OC(=O)[C@H](CC(C)C)OC(=O)C(C)(C)CCC2=O)cc1Cl. The Kier molecular flexibility index (Phi) is 13.0. The third-order valence-corrected chi connectivity index (χ3v) is 9.73. The van der Waals surface area contributed by atoms with Gasteiger partial charge in [0.2, 0.25) is 5.91 Å². The number of aliphatic carboxylic acids is 1. The molecule has 270 valence electrons. The summed E-state index contributed by atoms with van der Waals surface area (Å²) >= 11 is 6.34. The maximum atomic E-state index is 13.7. The summed E-state index contributed by atoms with van der Waals surface area (Å²) < 4.78 is 17.9. The van der Waals surface area contributed by atoms with Gasteiger partial charge in [-0.05, 0) is 80.3 Å². The third kappa shape index (κ3) is 10.7. The number of Topliss-reactive ketones (excluding diaryl/α,β-unsaturated/α-hetero) is 1. The van der Waals surface area contributed by atoms with Crippen LogP contribution in [0.2, 0.25) is 5.02 Å². The fraction of sp³-hybridized carbons (Fsp3) is 0.513. The first-order valence-electron chi connectivity index (χ1n) is 17.2. The number of carboxylic acid groups (broad SMARTS) is 1. The van der Waals surface area contributed by atoms with E-state index in [-0.39, 0.29) is 68.4 Å². The molecule has 0 aromatic heterocycles. The zero-order chi connectivity index (χ0) is 36.7. The number of halogens is 1. The topological polar surface area (TPSA) is 149 Å². The van der Waals surface area contributed by atoms with Crippen molar-refractivity contribution in [3.8, 4) is 0 Å². The molecular formula is C39H48ClNO9. The molecule has 10 nitrogen and oxygen atoms in total. The molecule has 4 rings (SSSR count). The minimum Gasteiger partial charge on any atom is -0.481 e. The summed E-state index contributed by atoms with van der Waals surface area (Å²) in [6.45, 7) is 10.9. The second kappa shape index (κ2) is 16.8. The number of hydrogen-bond acceptors (Lipinski definition) is 8. The number of rotatable bonds is 9. The highest BCUT2D eigenvalue weighted by Crippen LogP contribution is 2.45.